The first kappa shape index (κ1) is 19.8. The van der Waals surface area contributed by atoms with E-state index in [9.17, 15) is 9.59 Å². The number of piperazine rings is 1. The summed E-state index contributed by atoms with van der Waals surface area (Å²) in [7, 11) is 2.15. The third-order valence-corrected chi connectivity index (χ3v) is 6.23. The predicted octanol–water partition coefficient (Wildman–Crippen LogP) is 2.21. The molecule has 2 amide bonds. The van der Waals surface area contributed by atoms with Crippen LogP contribution in [0.2, 0.25) is 0 Å². The highest BCUT2D eigenvalue weighted by Crippen LogP contribution is 2.34. The molecule has 0 spiro atoms. The number of carbonyl (C=O) groups is 2. The third kappa shape index (κ3) is 4.08. The fourth-order valence-corrected chi connectivity index (χ4v) is 4.34. The van der Waals surface area contributed by atoms with Crippen LogP contribution >= 0.6 is 0 Å². The quantitative estimate of drug-likeness (QED) is 0.724. The summed E-state index contributed by atoms with van der Waals surface area (Å²) >= 11 is 0. The summed E-state index contributed by atoms with van der Waals surface area (Å²) in [6.45, 7) is 6.60. The molecular weight excluding hydrogens is 394 g/mol. The van der Waals surface area contributed by atoms with Crippen LogP contribution in [0.5, 0.6) is 0 Å². The number of anilines is 1. The van der Waals surface area contributed by atoms with E-state index in [1.807, 2.05) is 30.5 Å². The van der Waals surface area contributed by atoms with E-state index in [4.69, 9.17) is 4.74 Å². The minimum absolute atomic E-state index is 0.104. The van der Waals surface area contributed by atoms with E-state index >= 15 is 0 Å². The van der Waals surface area contributed by atoms with E-state index in [0.29, 0.717) is 25.3 Å². The second-order valence-electron chi connectivity index (χ2n) is 8.42. The van der Waals surface area contributed by atoms with E-state index in [2.05, 4.69) is 33.2 Å². The number of aromatic amines is 1. The maximum absolute atomic E-state index is 12.7. The molecule has 5 rings (SSSR count). The van der Waals surface area contributed by atoms with E-state index < -0.39 is 0 Å². The molecule has 8 heteroatoms. The van der Waals surface area contributed by atoms with Crippen LogP contribution in [0.1, 0.15) is 22.4 Å². The average molecular weight is 422 g/mol. The van der Waals surface area contributed by atoms with Gasteiger partial charge in [-0.2, -0.15) is 0 Å². The van der Waals surface area contributed by atoms with Crippen molar-refractivity contribution in [2.75, 3.05) is 51.7 Å². The van der Waals surface area contributed by atoms with Gasteiger partial charge < -0.3 is 24.8 Å². The Labute approximate surface area is 181 Å². The second-order valence-corrected chi connectivity index (χ2v) is 8.42. The molecule has 0 unspecified atom stereocenters. The first-order valence-corrected chi connectivity index (χ1v) is 10.7. The number of ether oxygens (including phenoxy) is 1. The summed E-state index contributed by atoms with van der Waals surface area (Å²) in [5, 5.41) is 2.95. The lowest BCUT2D eigenvalue weighted by Crippen LogP contribution is -2.43. The van der Waals surface area contributed by atoms with Crippen molar-refractivity contribution in [1.82, 2.24) is 19.7 Å². The van der Waals surface area contributed by atoms with Gasteiger partial charge in [0.2, 0.25) is 0 Å². The number of benzene rings is 1. The van der Waals surface area contributed by atoms with E-state index in [1.165, 1.54) is 5.56 Å². The summed E-state index contributed by atoms with van der Waals surface area (Å²) in [6.07, 6.45) is 3.59. The van der Waals surface area contributed by atoms with Gasteiger partial charge in [-0.1, -0.05) is 6.07 Å². The lowest BCUT2D eigenvalue weighted by Gasteiger charge is -2.32. The maximum atomic E-state index is 12.7. The molecule has 0 bridgehead atoms. The third-order valence-electron chi connectivity index (χ3n) is 6.23. The predicted molar refractivity (Wildman–Crippen MR) is 118 cm³/mol. The molecule has 1 aromatic heterocycles. The summed E-state index contributed by atoms with van der Waals surface area (Å²) in [5.41, 5.74) is 5.44. The molecule has 2 fully saturated rings. The van der Waals surface area contributed by atoms with Gasteiger partial charge in [-0.25, -0.2) is 4.79 Å². The minimum atomic E-state index is -0.287. The number of nitrogens with one attached hydrogen (secondary N) is 2. The fraction of sp³-hybridized carbons (Fsp3) is 0.391. The maximum Gasteiger partial charge on any atom is 0.410 e. The standard InChI is InChI=1S/C23H27N5O3/c1-26-6-8-27(9-7-26)15-17-4-5-24-21(17)13-19-18-12-16(2-3-20(18)25-22(19)29)14-28-10-11-31-23(28)30/h2-5,12-13,24H,6-11,14-15H2,1H3,(H,25,29)/b19-13-. The van der Waals surface area contributed by atoms with Crippen molar-refractivity contribution in [2.45, 2.75) is 13.1 Å². The van der Waals surface area contributed by atoms with Crippen LogP contribution in [0, 0.1) is 0 Å². The van der Waals surface area contributed by atoms with Gasteiger partial charge in [0, 0.05) is 62.4 Å². The molecule has 2 saturated heterocycles. The summed E-state index contributed by atoms with van der Waals surface area (Å²) < 4.78 is 5.02. The molecule has 0 saturated carbocycles. The van der Waals surface area contributed by atoms with Gasteiger partial charge in [0.05, 0.1) is 12.1 Å². The van der Waals surface area contributed by atoms with Gasteiger partial charge in [-0.3, -0.25) is 9.69 Å². The zero-order valence-corrected chi connectivity index (χ0v) is 17.7. The summed E-state index contributed by atoms with van der Waals surface area (Å²) in [5.74, 6) is -0.104. The van der Waals surface area contributed by atoms with Crippen molar-refractivity contribution in [3.8, 4) is 0 Å². The molecule has 1 aromatic carbocycles. The van der Waals surface area contributed by atoms with Gasteiger partial charge in [0.15, 0.2) is 0 Å². The Morgan fingerprint density at radius 2 is 1.90 bits per heavy atom. The highest BCUT2D eigenvalue weighted by Gasteiger charge is 2.27. The van der Waals surface area contributed by atoms with Gasteiger partial charge in [-0.05, 0) is 42.4 Å². The van der Waals surface area contributed by atoms with Crippen LogP contribution in [0.15, 0.2) is 30.5 Å². The SMILES string of the molecule is CN1CCN(Cc2cc[nH]c2/C=C2\C(=O)Nc3ccc(CN4CCOC4=O)cc32)CC1. The van der Waals surface area contributed by atoms with Crippen LogP contribution in [-0.2, 0) is 22.6 Å². The van der Waals surface area contributed by atoms with Crippen LogP contribution in [-0.4, -0.2) is 78.1 Å². The molecule has 2 aromatic rings. The van der Waals surface area contributed by atoms with Crippen molar-refractivity contribution in [1.29, 1.82) is 0 Å². The fourth-order valence-electron chi connectivity index (χ4n) is 4.34. The normalized spacial score (nSPS) is 20.9. The van der Waals surface area contributed by atoms with E-state index in [-0.39, 0.29) is 12.0 Å². The number of hydrogen-bond donors (Lipinski definition) is 2. The van der Waals surface area contributed by atoms with Gasteiger partial charge in [-0.15, -0.1) is 0 Å². The Hall–Kier alpha value is -3.10. The Kier molecular flexibility index (Phi) is 5.25. The molecule has 2 N–H and O–H groups in total. The van der Waals surface area contributed by atoms with Gasteiger partial charge in [0.25, 0.3) is 5.91 Å². The summed E-state index contributed by atoms with van der Waals surface area (Å²) in [4.78, 5) is 34.2. The molecule has 3 aliphatic rings. The molecule has 31 heavy (non-hydrogen) atoms. The number of hydrogen-bond acceptors (Lipinski definition) is 5. The Balaban J connectivity index is 1.38. The van der Waals surface area contributed by atoms with Crippen LogP contribution in [0.3, 0.4) is 0 Å². The van der Waals surface area contributed by atoms with E-state index in [1.54, 1.807) is 4.90 Å². The number of nitrogens with zero attached hydrogens (tertiary/aromatic N) is 3. The molecule has 3 aliphatic heterocycles. The smallest absolute Gasteiger partial charge is 0.410 e. The number of H-pyrrole nitrogens is 1. The van der Waals surface area contributed by atoms with Crippen molar-refractivity contribution < 1.29 is 14.3 Å². The van der Waals surface area contributed by atoms with Crippen molar-refractivity contribution in [3.63, 3.8) is 0 Å². The first-order valence-electron chi connectivity index (χ1n) is 10.7. The molecule has 0 aliphatic carbocycles. The molecule has 4 heterocycles. The number of aromatic nitrogens is 1. The molecular formula is C23H27N5O3. The molecule has 0 radical (unpaired) electrons. The number of amides is 2. The zero-order valence-electron chi connectivity index (χ0n) is 17.7. The lowest BCUT2D eigenvalue weighted by atomic mass is 10.0. The van der Waals surface area contributed by atoms with Crippen molar-refractivity contribution >= 4 is 29.3 Å². The topological polar surface area (TPSA) is 80.9 Å². The number of carbonyl (C=O) groups excluding carboxylic acids is 2. The lowest BCUT2D eigenvalue weighted by molar-refractivity contribution is -0.110. The summed E-state index contributed by atoms with van der Waals surface area (Å²) in [6, 6.07) is 7.94. The second kappa shape index (κ2) is 8.20. The van der Waals surface area contributed by atoms with Crippen LogP contribution in [0.4, 0.5) is 10.5 Å². The average Bonchev–Trinajstić information content (AvgIpc) is 3.45. The number of rotatable bonds is 5. The number of likely N-dealkylation sites (N-methyl/N-ethyl adjacent to an activating group) is 1. The van der Waals surface area contributed by atoms with Gasteiger partial charge in [0.1, 0.15) is 6.61 Å². The monoisotopic (exact) mass is 421 g/mol. The Morgan fingerprint density at radius 3 is 2.68 bits per heavy atom. The van der Waals surface area contributed by atoms with Crippen LogP contribution in [0.25, 0.3) is 11.6 Å². The van der Waals surface area contributed by atoms with Gasteiger partial charge >= 0.3 is 6.09 Å². The molecule has 0 atom stereocenters. The minimum Gasteiger partial charge on any atom is -0.448 e. The molecule has 162 valence electrons. The zero-order chi connectivity index (χ0) is 21.4. The Morgan fingerprint density at radius 1 is 1.06 bits per heavy atom. The number of cyclic esters (lactones) is 1. The number of fused-ring (bicyclic) bond motifs is 1. The first-order chi connectivity index (χ1) is 15.1. The highest BCUT2D eigenvalue weighted by atomic mass is 16.6. The van der Waals surface area contributed by atoms with E-state index in [0.717, 1.165) is 55.2 Å². The Bertz CT molecular complexity index is 1040. The highest BCUT2D eigenvalue weighted by molar-refractivity contribution is 6.34. The van der Waals surface area contributed by atoms with Crippen molar-refractivity contribution in [3.05, 3.63) is 52.8 Å². The van der Waals surface area contributed by atoms with Crippen LogP contribution < -0.4 is 5.32 Å². The molecule has 8 nitrogen and oxygen atoms in total. The van der Waals surface area contributed by atoms with Crippen molar-refractivity contribution in [2.24, 2.45) is 0 Å². The largest absolute Gasteiger partial charge is 0.448 e.